The van der Waals surface area contributed by atoms with Crippen LogP contribution < -0.4 is 4.72 Å². The second-order valence-electron chi connectivity index (χ2n) is 3.58. The lowest BCUT2D eigenvalue weighted by molar-refractivity contribution is -0.384. The number of benzene rings is 1. The summed E-state index contributed by atoms with van der Waals surface area (Å²) < 4.78 is 26.2. The van der Waals surface area contributed by atoms with Crippen LogP contribution in [0.25, 0.3) is 0 Å². The predicted octanol–water partition coefficient (Wildman–Crippen LogP) is 1.84. The molecule has 1 aromatic heterocycles. The maximum atomic E-state index is 12.0. The Labute approximate surface area is 118 Å². The Bertz CT molecular complexity index is 731. The molecule has 0 saturated carbocycles. The maximum Gasteiger partial charge on any atom is 0.269 e. The lowest BCUT2D eigenvalue weighted by atomic mass is 10.3. The fraction of sp³-hybridized carbons (Fsp3) is 0. The number of sulfonamides is 1. The van der Waals surface area contributed by atoms with Gasteiger partial charge in [-0.05, 0) is 12.1 Å². The number of anilines is 1. The van der Waals surface area contributed by atoms with Gasteiger partial charge in [0.25, 0.3) is 15.7 Å². The zero-order valence-corrected chi connectivity index (χ0v) is 11.3. The fourth-order valence-corrected chi connectivity index (χ4v) is 2.40. The van der Waals surface area contributed by atoms with E-state index in [1.165, 1.54) is 6.20 Å². The summed E-state index contributed by atoms with van der Waals surface area (Å²) in [5, 5.41) is 10.6. The van der Waals surface area contributed by atoms with Gasteiger partial charge in [0.1, 0.15) is 5.15 Å². The quantitative estimate of drug-likeness (QED) is 0.680. The van der Waals surface area contributed by atoms with E-state index >= 15 is 0 Å². The molecule has 10 heteroatoms. The highest BCUT2D eigenvalue weighted by molar-refractivity contribution is 7.92. The Morgan fingerprint density at radius 3 is 2.30 bits per heavy atom. The van der Waals surface area contributed by atoms with Gasteiger partial charge in [0.05, 0.1) is 22.2 Å². The van der Waals surface area contributed by atoms with E-state index in [2.05, 4.69) is 14.7 Å². The summed E-state index contributed by atoms with van der Waals surface area (Å²) in [4.78, 5) is 17.2. The molecule has 0 bridgehead atoms. The molecule has 0 radical (unpaired) electrons. The summed E-state index contributed by atoms with van der Waals surface area (Å²) in [6.45, 7) is 0. The van der Waals surface area contributed by atoms with Crippen LogP contribution in [-0.2, 0) is 10.0 Å². The first-order valence-corrected chi connectivity index (χ1v) is 6.99. The summed E-state index contributed by atoms with van der Waals surface area (Å²) in [5.74, 6) is -0.00671. The smallest absolute Gasteiger partial charge is 0.262 e. The average Bonchev–Trinajstić information content (AvgIpc) is 2.41. The summed E-state index contributed by atoms with van der Waals surface area (Å²) in [6.07, 6.45) is 2.35. The highest BCUT2D eigenvalue weighted by Crippen LogP contribution is 2.18. The van der Waals surface area contributed by atoms with Crippen molar-refractivity contribution in [2.24, 2.45) is 0 Å². The number of nitrogens with one attached hydrogen (secondary N) is 1. The van der Waals surface area contributed by atoms with Gasteiger partial charge in [0.2, 0.25) is 0 Å². The molecular formula is C10H7ClN4O4S. The van der Waals surface area contributed by atoms with Crippen molar-refractivity contribution in [3.63, 3.8) is 0 Å². The van der Waals surface area contributed by atoms with E-state index in [4.69, 9.17) is 11.6 Å². The van der Waals surface area contributed by atoms with Crippen molar-refractivity contribution >= 4 is 33.1 Å². The van der Waals surface area contributed by atoms with Gasteiger partial charge in [0, 0.05) is 12.1 Å². The van der Waals surface area contributed by atoms with E-state index in [1.54, 1.807) is 0 Å². The van der Waals surface area contributed by atoms with Crippen LogP contribution in [-0.4, -0.2) is 23.3 Å². The van der Waals surface area contributed by atoms with Crippen molar-refractivity contribution in [3.8, 4) is 0 Å². The Morgan fingerprint density at radius 1 is 1.15 bits per heavy atom. The molecule has 1 aromatic carbocycles. The molecule has 0 amide bonds. The predicted molar refractivity (Wildman–Crippen MR) is 70.9 cm³/mol. The van der Waals surface area contributed by atoms with Gasteiger partial charge < -0.3 is 0 Å². The Morgan fingerprint density at radius 2 is 1.80 bits per heavy atom. The number of nitro benzene ring substituents is 1. The number of hydrogen-bond acceptors (Lipinski definition) is 6. The highest BCUT2D eigenvalue weighted by Gasteiger charge is 2.16. The molecule has 0 fully saturated rings. The number of hydrogen-bond donors (Lipinski definition) is 1. The van der Waals surface area contributed by atoms with Crippen LogP contribution in [0.3, 0.4) is 0 Å². The Balaban J connectivity index is 2.26. The normalized spacial score (nSPS) is 11.1. The lowest BCUT2D eigenvalue weighted by Crippen LogP contribution is -2.14. The van der Waals surface area contributed by atoms with Crippen molar-refractivity contribution in [3.05, 3.63) is 51.9 Å². The zero-order valence-electron chi connectivity index (χ0n) is 9.72. The topological polar surface area (TPSA) is 115 Å². The second kappa shape index (κ2) is 5.39. The third kappa shape index (κ3) is 3.19. The van der Waals surface area contributed by atoms with Gasteiger partial charge in [-0.25, -0.2) is 18.4 Å². The number of aromatic nitrogens is 2. The van der Waals surface area contributed by atoms with E-state index in [0.717, 1.165) is 30.5 Å². The molecule has 0 atom stereocenters. The molecule has 2 rings (SSSR count). The highest BCUT2D eigenvalue weighted by atomic mass is 35.5. The zero-order chi connectivity index (χ0) is 14.8. The maximum absolute atomic E-state index is 12.0. The van der Waals surface area contributed by atoms with Gasteiger partial charge >= 0.3 is 0 Å². The second-order valence-corrected chi connectivity index (χ2v) is 5.65. The van der Waals surface area contributed by atoms with Gasteiger partial charge in [-0.15, -0.1) is 0 Å². The standard InChI is InChI=1S/C10H7ClN4O4S/c11-9-5-13-10(6-12-9)14-20(18,19)8-3-1-7(2-4-8)15(16)17/h1-6H,(H,13,14). The molecule has 1 N–H and O–H groups in total. The molecule has 0 spiro atoms. The van der Waals surface area contributed by atoms with Crippen molar-refractivity contribution < 1.29 is 13.3 Å². The van der Waals surface area contributed by atoms with Crippen LogP contribution in [0.2, 0.25) is 5.15 Å². The number of nitrogens with zero attached hydrogens (tertiary/aromatic N) is 3. The van der Waals surface area contributed by atoms with E-state index in [1.807, 2.05) is 0 Å². The van der Waals surface area contributed by atoms with Gasteiger partial charge in [0.15, 0.2) is 5.82 Å². The molecular weight excluding hydrogens is 308 g/mol. The Kier molecular flexibility index (Phi) is 3.81. The van der Waals surface area contributed by atoms with Crippen molar-refractivity contribution in [2.45, 2.75) is 4.90 Å². The molecule has 20 heavy (non-hydrogen) atoms. The third-order valence-electron chi connectivity index (χ3n) is 2.22. The average molecular weight is 315 g/mol. The van der Waals surface area contributed by atoms with Crippen molar-refractivity contribution in [1.82, 2.24) is 9.97 Å². The summed E-state index contributed by atoms with van der Waals surface area (Å²) >= 11 is 5.53. The van der Waals surface area contributed by atoms with Gasteiger partial charge in [-0.3, -0.25) is 14.8 Å². The van der Waals surface area contributed by atoms with Crippen LogP contribution in [0.1, 0.15) is 0 Å². The van der Waals surface area contributed by atoms with Crippen LogP contribution in [0.5, 0.6) is 0 Å². The van der Waals surface area contributed by atoms with Crippen molar-refractivity contribution in [1.29, 1.82) is 0 Å². The summed E-state index contributed by atoms with van der Waals surface area (Å²) in [6, 6.07) is 4.46. The Hall–Kier alpha value is -2.26. The molecule has 0 aliphatic heterocycles. The number of nitro groups is 1. The van der Waals surface area contributed by atoms with E-state index in [0.29, 0.717) is 0 Å². The minimum absolute atomic E-state index is 0.00671. The minimum atomic E-state index is -3.89. The van der Waals surface area contributed by atoms with Crippen LogP contribution in [0, 0.1) is 10.1 Å². The third-order valence-corrected chi connectivity index (χ3v) is 3.78. The van der Waals surface area contributed by atoms with Gasteiger partial charge in [-0.1, -0.05) is 11.6 Å². The number of halogens is 1. The van der Waals surface area contributed by atoms with Gasteiger partial charge in [-0.2, -0.15) is 0 Å². The van der Waals surface area contributed by atoms with Crippen LogP contribution >= 0.6 is 11.6 Å². The number of rotatable bonds is 4. The first kappa shape index (κ1) is 14.2. The van der Waals surface area contributed by atoms with E-state index < -0.39 is 14.9 Å². The van der Waals surface area contributed by atoms with E-state index in [9.17, 15) is 18.5 Å². The van der Waals surface area contributed by atoms with Crippen LogP contribution in [0.15, 0.2) is 41.6 Å². The molecule has 2 aromatic rings. The monoisotopic (exact) mass is 314 g/mol. The fourth-order valence-electron chi connectivity index (χ4n) is 1.31. The lowest BCUT2D eigenvalue weighted by Gasteiger charge is -2.06. The largest absolute Gasteiger partial charge is 0.269 e. The van der Waals surface area contributed by atoms with E-state index in [-0.39, 0.29) is 21.6 Å². The minimum Gasteiger partial charge on any atom is -0.262 e. The molecule has 0 aliphatic carbocycles. The molecule has 0 saturated heterocycles. The molecule has 104 valence electrons. The molecule has 0 aliphatic rings. The summed E-state index contributed by atoms with van der Waals surface area (Å²) in [5.41, 5.74) is -0.199. The molecule has 1 heterocycles. The molecule has 8 nitrogen and oxygen atoms in total. The van der Waals surface area contributed by atoms with Crippen LogP contribution in [0.4, 0.5) is 11.5 Å². The number of non-ortho nitro benzene ring substituents is 1. The molecule has 0 unspecified atom stereocenters. The van der Waals surface area contributed by atoms with Crippen molar-refractivity contribution in [2.75, 3.05) is 4.72 Å². The first-order chi connectivity index (χ1) is 9.38. The summed E-state index contributed by atoms with van der Waals surface area (Å²) in [7, 11) is -3.89. The SMILES string of the molecule is O=[N+]([O-])c1ccc(S(=O)(=O)Nc2cnc(Cl)cn2)cc1. The first-order valence-electron chi connectivity index (χ1n) is 5.13.